The van der Waals surface area contributed by atoms with Gasteiger partial charge in [0.15, 0.2) is 0 Å². The summed E-state index contributed by atoms with van der Waals surface area (Å²) in [6, 6.07) is 25.7. The van der Waals surface area contributed by atoms with Gasteiger partial charge in [-0.25, -0.2) is 5.43 Å². The molecule has 3 rings (SSSR count). The molecular weight excluding hydrogens is 362 g/mol. The molecule has 3 aromatic carbocycles. The molecule has 0 unspecified atom stereocenters. The second-order valence-corrected chi connectivity index (χ2v) is 6.40. The molecule has 2 N–H and O–H groups in total. The fourth-order valence-electron chi connectivity index (χ4n) is 2.54. The Morgan fingerprint density at radius 3 is 2.07 bits per heavy atom. The monoisotopic (exact) mass is 383 g/mol. The van der Waals surface area contributed by atoms with Crippen LogP contribution in [-0.2, 0) is 4.79 Å². The molecule has 0 spiro atoms. The van der Waals surface area contributed by atoms with E-state index in [0.29, 0.717) is 5.56 Å². The zero-order valence-corrected chi connectivity index (χ0v) is 16.0. The standard InChI is InChI=1S/C24H21N3O2/c1-18-12-14-20(15-13-18)17-25-27-24(29)22(16-19-8-4-2-5-9-19)26-23(28)21-10-6-3-7-11-21/h2-17H,1H3,(H,26,28)(H,27,29)/b22-16+,25-17+. The maximum atomic E-state index is 12.7. The molecule has 5 nitrogen and oxygen atoms in total. The molecule has 0 aliphatic heterocycles. The molecule has 0 radical (unpaired) electrons. The Hall–Kier alpha value is -3.99. The minimum Gasteiger partial charge on any atom is -0.317 e. The fraction of sp³-hybridized carbons (Fsp3) is 0.0417. The smallest absolute Gasteiger partial charge is 0.287 e. The van der Waals surface area contributed by atoms with Gasteiger partial charge in [0.1, 0.15) is 5.70 Å². The summed E-state index contributed by atoms with van der Waals surface area (Å²) >= 11 is 0. The second-order valence-electron chi connectivity index (χ2n) is 6.40. The number of nitrogens with zero attached hydrogens (tertiary/aromatic N) is 1. The van der Waals surface area contributed by atoms with E-state index in [-0.39, 0.29) is 11.6 Å². The lowest BCUT2D eigenvalue weighted by Crippen LogP contribution is -2.32. The van der Waals surface area contributed by atoms with Gasteiger partial charge in [0.2, 0.25) is 0 Å². The van der Waals surface area contributed by atoms with E-state index in [9.17, 15) is 9.59 Å². The summed E-state index contributed by atoms with van der Waals surface area (Å²) in [6.45, 7) is 2.00. The molecule has 0 saturated carbocycles. The van der Waals surface area contributed by atoms with Gasteiger partial charge in [0.05, 0.1) is 6.21 Å². The van der Waals surface area contributed by atoms with Crippen LogP contribution in [0.5, 0.6) is 0 Å². The second kappa shape index (κ2) is 9.80. The normalized spacial score (nSPS) is 11.3. The SMILES string of the molecule is Cc1ccc(/C=N/NC(=O)/C(=C\c2ccccc2)NC(=O)c2ccccc2)cc1. The summed E-state index contributed by atoms with van der Waals surface area (Å²) in [4.78, 5) is 25.2. The van der Waals surface area contributed by atoms with E-state index in [0.717, 1.165) is 16.7 Å². The van der Waals surface area contributed by atoms with Crippen molar-refractivity contribution >= 4 is 24.1 Å². The van der Waals surface area contributed by atoms with Crippen LogP contribution in [-0.4, -0.2) is 18.0 Å². The number of benzene rings is 3. The Balaban J connectivity index is 1.76. The minimum atomic E-state index is -0.513. The van der Waals surface area contributed by atoms with E-state index in [1.165, 1.54) is 0 Å². The Morgan fingerprint density at radius 1 is 0.793 bits per heavy atom. The van der Waals surface area contributed by atoms with Crippen molar-refractivity contribution in [2.45, 2.75) is 6.92 Å². The van der Waals surface area contributed by atoms with Crippen molar-refractivity contribution in [1.29, 1.82) is 0 Å². The summed E-state index contributed by atoms with van der Waals surface area (Å²) in [5.74, 6) is -0.882. The van der Waals surface area contributed by atoms with E-state index >= 15 is 0 Å². The van der Waals surface area contributed by atoms with Crippen LogP contribution in [0, 0.1) is 6.92 Å². The summed E-state index contributed by atoms with van der Waals surface area (Å²) in [5, 5.41) is 6.67. The third-order valence-electron chi connectivity index (χ3n) is 4.10. The van der Waals surface area contributed by atoms with Gasteiger partial charge in [-0.3, -0.25) is 9.59 Å². The average Bonchev–Trinajstić information content (AvgIpc) is 2.76. The quantitative estimate of drug-likeness (QED) is 0.385. The molecule has 144 valence electrons. The highest BCUT2D eigenvalue weighted by Crippen LogP contribution is 2.07. The molecule has 0 bridgehead atoms. The molecule has 0 saturated heterocycles. The third-order valence-corrected chi connectivity index (χ3v) is 4.10. The van der Waals surface area contributed by atoms with E-state index in [1.807, 2.05) is 67.6 Å². The molecule has 0 fully saturated rings. The Morgan fingerprint density at radius 2 is 1.41 bits per heavy atom. The van der Waals surface area contributed by atoms with E-state index in [4.69, 9.17) is 0 Å². The van der Waals surface area contributed by atoms with Crippen LogP contribution in [0.25, 0.3) is 6.08 Å². The lowest BCUT2D eigenvalue weighted by atomic mass is 10.1. The van der Waals surface area contributed by atoms with E-state index in [2.05, 4.69) is 15.8 Å². The van der Waals surface area contributed by atoms with Crippen molar-refractivity contribution in [3.05, 3.63) is 113 Å². The fourth-order valence-corrected chi connectivity index (χ4v) is 2.54. The van der Waals surface area contributed by atoms with Gasteiger partial charge in [-0.15, -0.1) is 0 Å². The zero-order valence-electron chi connectivity index (χ0n) is 16.0. The summed E-state index contributed by atoms with van der Waals surface area (Å²) in [6.07, 6.45) is 3.16. The number of carbonyl (C=O) groups excluding carboxylic acids is 2. The number of amides is 2. The third kappa shape index (κ3) is 6.01. The van der Waals surface area contributed by atoms with E-state index < -0.39 is 5.91 Å². The van der Waals surface area contributed by atoms with Crippen LogP contribution in [0.2, 0.25) is 0 Å². The molecule has 2 amide bonds. The summed E-state index contributed by atoms with van der Waals surface area (Å²) in [7, 11) is 0. The zero-order chi connectivity index (χ0) is 20.5. The number of hydrazone groups is 1. The van der Waals surface area contributed by atoms with Crippen LogP contribution in [0.15, 0.2) is 95.7 Å². The number of hydrogen-bond donors (Lipinski definition) is 2. The number of carbonyl (C=O) groups is 2. The average molecular weight is 383 g/mol. The minimum absolute atomic E-state index is 0.103. The first kappa shape index (κ1) is 19.8. The van der Waals surface area contributed by atoms with E-state index in [1.54, 1.807) is 36.6 Å². The number of aryl methyl sites for hydroxylation is 1. The van der Waals surface area contributed by atoms with Gasteiger partial charge in [-0.1, -0.05) is 78.4 Å². The van der Waals surface area contributed by atoms with Crippen LogP contribution in [0.4, 0.5) is 0 Å². The topological polar surface area (TPSA) is 70.6 Å². The predicted octanol–water partition coefficient (Wildman–Crippen LogP) is 3.92. The van der Waals surface area contributed by atoms with Crippen LogP contribution < -0.4 is 10.7 Å². The highest BCUT2D eigenvalue weighted by atomic mass is 16.2. The molecule has 0 aliphatic carbocycles. The van der Waals surface area contributed by atoms with Crippen molar-refractivity contribution in [3.63, 3.8) is 0 Å². The Labute approximate surface area is 169 Å². The molecule has 29 heavy (non-hydrogen) atoms. The lowest BCUT2D eigenvalue weighted by molar-refractivity contribution is -0.117. The molecule has 0 atom stereocenters. The highest BCUT2D eigenvalue weighted by molar-refractivity contribution is 6.05. The Bertz CT molecular complexity index is 1020. The number of rotatable bonds is 6. The molecular formula is C24H21N3O2. The molecule has 3 aromatic rings. The van der Waals surface area contributed by atoms with Crippen molar-refractivity contribution < 1.29 is 9.59 Å². The van der Waals surface area contributed by atoms with Crippen LogP contribution in [0.1, 0.15) is 27.0 Å². The van der Waals surface area contributed by atoms with Crippen LogP contribution >= 0.6 is 0 Å². The first-order valence-corrected chi connectivity index (χ1v) is 9.15. The van der Waals surface area contributed by atoms with Gasteiger partial charge >= 0.3 is 0 Å². The van der Waals surface area contributed by atoms with Crippen molar-refractivity contribution in [3.8, 4) is 0 Å². The molecule has 0 aliphatic rings. The molecule has 5 heteroatoms. The number of hydrogen-bond acceptors (Lipinski definition) is 3. The summed E-state index contributed by atoms with van der Waals surface area (Å²) in [5.41, 5.74) is 5.82. The van der Waals surface area contributed by atoms with Gasteiger partial charge in [-0.2, -0.15) is 5.10 Å². The number of nitrogens with one attached hydrogen (secondary N) is 2. The largest absolute Gasteiger partial charge is 0.317 e. The van der Waals surface area contributed by atoms with Crippen molar-refractivity contribution in [1.82, 2.24) is 10.7 Å². The van der Waals surface area contributed by atoms with Gasteiger partial charge in [0.25, 0.3) is 11.8 Å². The van der Waals surface area contributed by atoms with Crippen LogP contribution in [0.3, 0.4) is 0 Å². The van der Waals surface area contributed by atoms with Gasteiger partial charge in [-0.05, 0) is 36.3 Å². The maximum Gasteiger partial charge on any atom is 0.287 e. The Kier molecular flexibility index (Phi) is 6.68. The first-order valence-electron chi connectivity index (χ1n) is 9.15. The van der Waals surface area contributed by atoms with Crippen molar-refractivity contribution in [2.75, 3.05) is 0 Å². The lowest BCUT2D eigenvalue weighted by Gasteiger charge is -2.09. The molecule has 0 heterocycles. The van der Waals surface area contributed by atoms with Gasteiger partial charge in [0, 0.05) is 5.56 Å². The maximum absolute atomic E-state index is 12.7. The summed E-state index contributed by atoms with van der Waals surface area (Å²) < 4.78 is 0. The first-order chi connectivity index (χ1) is 14.1. The van der Waals surface area contributed by atoms with Crippen molar-refractivity contribution in [2.24, 2.45) is 5.10 Å². The highest BCUT2D eigenvalue weighted by Gasteiger charge is 2.14. The van der Waals surface area contributed by atoms with Gasteiger partial charge < -0.3 is 5.32 Å². The predicted molar refractivity (Wildman–Crippen MR) is 115 cm³/mol. The molecule has 0 aromatic heterocycles.